The van der Waals surface area contributed by atoms with Crippen LogP contribution in [0.2, 0.25) is 15.1 Å². The minimum absolute atomic E-state index is 0.0666. The number of likely N-dealkylation sites (tertiary alicyclic amines) is 1. The lowest BCUT2D eigenvalue weighted by Gasteiger charge is -2.23. The molecule has 0 unspecified atom stereocenters. The zero-order chi connectivity index (χ0) is 13.8. The molecule has 1 fully saturated rings. The van der Waals surface area contributed by atoms with Crippen LogP contribution in [0.3, 0.4) is 0 Å². The average Bonchev–Trinajstić information content (AvgIpc) is 2.35. The second-order valence-electron chi connectivity index (χ2n) is 4.78. The van der Waals surface area contributed by atoms with Crippen molar-refractivity contribution in [3.05, 3.63) is 27.2 Å². The van der Waals surface area contributed by atoms with Crippen LogP contribution in [0.4, 0.5) is 5.69 Å². The quantitative estimate of drug-likeness (QED) is 0.881. The van der Waals surface area contributed by atoms with E-state index in [1.54, 1.807) is 12.1 Å². The highest BCUT2D eigenvalue weighted by Crippen LogP contribution is 2.33. The van der Waals surface area contributed by atoms with Crippen LogP contribution in [-0.4, -0.2) is 25.5 Å². The fourth-order valence-electron chi connectivity index (χ4n) is 2.30. The summed E-state index contributed by atoms with van der Waals surface area (Å²) >= 11 is 17.9. The molecule has 0 radical (unpaired) electrons. The maximum absolute atomic E-state index is 12.0. The molecule has 2 N–H and O–H groups in total. The van der Waals surface area contributed by atoms with Crippen molar-refractivity contribution in [1.82, 2.24) is 0 Å². The van der Waals surface area contributed by atoms with Gasteiger partial charge in [0.2, 0.25) is 0 Å². The highest BCUT2D eigenvalue weighted by atomic mass is 35.5. The summed E-state index contributed by atoms with van der Waals surface area (Å²) in [4.78, 5) is 13.3. The van der Waals surface area contributed by atoms with Gasteiger partial charge in [0.1, 0.15) is 0 Å². The Kier molecular flexibility index (Phi) is 5.34. The fraction of sp³-hybridized carbons (Fsp3) is 0.462. The number of nitrogens with one attached hydrogen (secondary N) is 2. The summed E-state index contributed by atoms with van der Waals surface area (Å²) in [5, 5.41) is 3.95. The lowest BCUT2D eigenvalue weighted by Crippen LogP contribution is -3.13. The molecule has 0 spiro atoms. The van der Waals surface area contributed by atoms with Gasteiger partial charge in [0.05, 0.1) is 28.8 Å². The lowest BCUT2D eigenvalue weighted by molar-refractivity contribution is -0.896. The largest absolute Gasteiger partial charge is 0.327 e. The van der Waals surface area contributed by atoms with E-state index in [0.29, 0.717) is 27.3 Å². The van der Waals surface area contributed by atoms with Crippen molar-refractivity contribution in [3.8, 4) is 0 Å². The lowest BCUT2D eigenvalue weighted by atomic mass is 10.1. The third-order valence-electron chi connectivity index (χ3n) is 3.24. The second-order valence-corrected chi connectivity index (χ2v) is 6.03. The van der Waals surface area contributed by atoms with Gasteiger partial charge in [0.15, 0.2) is 6.54 Å². The van der Waals surface area contributed by atoms with Crippen molar-refractivity contribution in [1.29, 1.82) is 0 Å². The molecule has 1 aliphatic heterocycles. The predicted molar refractivity (Wildman–Crippen MR) is 79.5 cm³/mol. The Morgan fingerprint density at radius 1 is 1.11 bits per heavy atom. The Bertz CT molecular complexity index is 450. The molecule has 0 atom stereocenters. The monoisotopic (exact) mass is 321 g/mol. The van der Waals surface area contributed by atoms with Gasteiger partial charge < -0.3 is 10.2 Å². The number of hydrogen-bond donors (Lipinski definition) is 2. The van der Waals surface area contributed by atoms with E-state index in [4.69, 9.17) is 34.8 Å². The summed E-state index contributed by atoms with van der Waals surface area (Å²) in [5.41, 5.74) is 0.439. The highest BCUT2D eigenvalue weighted by Gasteiger charge is 2.19. The number of hydrogen-bond acceptors (Lipinski definition) is 1. The molecule has 1 aliphatic rings. The molecule has 0 bridgehead atoms. The van der Waals surface area contributed by atoms with E-state index in [1.165, 1.54) is 24.2 Å². The van der Waals surface area contributed by atoms with E-state index in [0.717, 1.165) is 13.1 Å². The molecule has 1 aromatic carbocycles. The maximum atomic E-state index is 12.0. The zero-order valence-corrected chi connectivity index (χ0v) is 12.7. The number of carbonyl (C=O) groups is 1. The Morgan fingerprint density at radius 3 is 2.26 bits per heavy atom. The van der Waals surface area contributed by atoms with Gasteiger partial charge in [0.25, 0.3) is 5.91 Å². The summed E-state index contributed by atoms with van der Waals surface area (Å²) in [6.45, 7) is 2.56. The number of piperidine rings is 1. The van der Waals surface area contributed by atoms with Crippen molar-refractivity contribution in [2.24, 2.45) is 0 Å². The first-order valence-corrected chi connectivity index (χ1v) is 7.47. The first kappa shape index (κ1) is 14.9. The molecule has 0 saturated carbocycles. The topological polar surface area (TPSA) is 33.5 Å². The van der Waals surface area contributed by atoms with Crippen LogP contribution in [-0.2, 0) is 4.79 Å². The van der Waals surface area contributed by atoms with Crippen LogP contribution in [0.15, 0.2) is 12.1 Å². The van der Waals surface area contributed by atoms with Gasteiger partial charge in [-0.3, -0.25) is 4.79 Å². The Hall–Kier alpha value is -0.480. The van der Waals surface area contributed by atoms with Crippen molar-refractivity contribution in [2.45, 2.75) is 19.3 Å². The minimum atomic E-state index is -0.0666. The SMILES string of the molecule is O=C(C[NH+]1CCCCC1)Nc1c(Cl)cc(Cl)cc1Cl. The molecular weight excluding hydrogens is 307 g/mol. The molecule has 19 heavy (non-hydrogen) atoms. The molecule has 0 aliphatic carbocycles. The number of benzene rings is 1. The van der Waals surface area contributed by atoms with Crippen LogP contribution >= 0.6 is 34.8 Å². The maximum Gasteiger partial charge on any atom is 0.279 e. The normalized spacial score (nSPS) is 16.4. The van der Waals surface area contributed by atoms with E-state index in [9.17, 15) is 4.79 Å². The van der Waals surface area contributed by atoms with Gasteiger partial charge in [-0.1, -0.05) is 34.8 Å². The summed E-state index contributed by atoms with van der Waals surface area (Å²) in [5.74, 6) is -0.0666. The van der Waals surface area contributed by atoms with Crippen molar-refractivity contribution < 1.29 is 9.69 Å². The third-order valence-corrected chi connectivity index (χ3v) is 4.06. The molecule has 1 amide bonds. The predicted octanol–water partition coefficient (Wildman–Crippen LogP) is 2.65. The zero-order valence-electron chi connectivity index (χ0n) is 10.4. The van der Waals surface area contributed by atoms with Gasteiger partial charge in [-0.05, 0) is 31.4 Å². The first-order chi connectivity index (χ1) is 9.06. The number of carbonyl (C=O) groups excluding carboxylic acids is 1. The summed E-state index contributed by atoms with van der Waals surface area (Å²) in [6.07, 6.45) is 3.64. The van der Waals surface area contributed by atoms with Crippen LogP contribution in [0.5, 0.6) is 0 Å². The Labute approximate surface area is 127 Å². The van der Waals surface area contributed by atoms with Gasteiger partial charge in [0, 0.05) is 5.02 Å². The molecule has 1 heterocycles. The minimum Gasteiger partial charge on any atom is -0.327 e. The Balaban J connectivity index is 1.98. The standard InChI is InChI=1S/C13H15Cl3N2O/c14-9-6-10(15)13(11(16)7-9)17-12(19)8-18-4-2-1-3-5-18/h6-7H,1-5,8H2,(H,17,19)/p+1. The summed E-state index contributed by atoms with van der Waals surface area (Å²) < 4.78 is 0. The van der Waals surface area contributed by atoms with Gasteiger partial charge >= 0.3 is 0 Å². The molecular formula is C13H16Cl3N2O+. The van der Waals surface area contributed by atoms with E-state index >= 15 is 0 Å². The third kappa shape index (κ3) is 4.25. The van der Waals surface area contributed by atoms with Gasteiger partial charge in [-0.2, -0.15) is 0 Å². The number of halogens is 3. The van der Waals surface area contributed by atoms with E-state index in [2.05, 4.69) is 5.32 Å². The van der Waals surface area contributed by atoms with E-state index < -0.39 is 0 Å². The molecule has 1 aromatic rings. The van der Waals surface area contributed by atoms with Gasteiger partial charge in [-0.25, -0.2) is 0 Å². The molecule has 104 valence electrons. The van der Waals surface area contributed by atoms with Crippen molar-refractivity contribution in [3.63, 3.8) is 0 Å². The molecule has 3 nitrogen and oxygen atoms in total. The smallest absolute Gasteiger partial charge is 0.279 e. The van der Waals surface area contributed by atoms with Crippen LogP contribution in [0, 0.1) is 0 Å². The number of rotatable bonds is 3. The molecule has 0 aromatic heterocycles. The van der Waals surface area contributed by atoms with Crippen molar-refractivity contribution >= 4 is 46.4 Å². The first-order valence-electron chi connectivity index (χ1n) is 6.34. The summed E-state index contributed by atoms with van der Waals surface area (Å²) in [7, 11) is 0. The fourth-order valence-corrected chi connectivity index (χ4v) is 3.21. The molecule has 1 saturated heterocycles. The highest BCUT2D eigenvalue weighted by molar-refractivity contribution is 6.42. The van der Waals surface area contributed by atoms with E-state index in [-0.39, 0.29) is 5.91 Å². The van der Waals surface area contributed by atoms with Crippen molar-refractivity contribution in [2.75, 3.05) is 25.0 Å². The summed E-state index contributed by atoms with van der Waals surface area (Å²) in [6, 6.07) is 3.14. The van der Waals surface area contributed by atoms with E-state index in [1.807, 2.05) is 0 Å². The number of amides is 1. The van der Waals surface area contributed by atoms with Crippen LogP contribution in [0.1, 0.15) is 19.3 Å². The Morgan fingerprint density at radius 2 is 1.68 bits per heavy atom. The molecule has 2 rings (SSSR count). The second kappa shape index (κ2) is 6.80. The number of anilines is 1. The van der Waals surface area contributed by atoms with Crippen LogP contribution < -0.4 is 10.2 Å². The van der Waals surface area contributed by atoms with Gasteiger partial charge in [-0.15, -0.1) is 0 Å². The number of quaternary nitrogens is 1. The average molecular weight is 323 g/mol. The van der Waals surface area contributed by atoms with Crippen LogP contribution in [0.25, 0.3) is 0 Å². The molecule has 6 heteroatoms.